The zero-order valence-electron chi connectivity index (χ0n) is 9.62. The Hall–Kier alpha value is -1.39. The quantitative estimate of drug-likeness (QED) is 0.719. The van der Waals surface area contributed by atoms with Gasteiger partial charge in [0.2, 0.25) is 5.91 Å². The molecule has 2 unspecified atom stereocenters. The number of hydrogen-bond donors (Lipinski definition) is 1. The Balaban J connectivity index is 0.00000256. The fourth-order valence-electron chi connectivity index (χ4n) is 2.02. The number of ketones is 1. The van der Waals surface area contributed by atoms with Gasteiger partial charge in [-0.1, -0.05) is 0 Å². The van der Waals surface area contributed by atoms with Gasteiger partial charge in [-0.3, -0.25) is 9.59 Å². The average Bonchev–Trinajstić information content (AvgIpc) is 2.61. The number of amides is 1. The van der Waals surface area contributed by atoms with Gasteiger partial charge in [-0.05, 0) is 19.3 Å². The van der Waals surface area contributed by atoms with E-state index in [2.05, 4.69) is 10.1 Å². The van der Waals surface area contributed by atoms with Crippen molar-refractivity contribution in [3.63, 3.8) is 0 Å². The highest BCUT2D eigenvalue weighted by atomic mass is 16.5. The van der Waals surface area contributed by atoms with Crippen molar-refractivity contribution in [2.75, 3.05) is 7.11 Å². The summed E-state index contributed by atoms with van der Waals surface area (Å²) in [5.74, 6) is -0.717. The van der Waals surface area contributed by atoms with Gasteiger partial charge in [0.15, 0.2) is 0 Å². The number of ether oxygens (including phenoxy) is 1. The predicted octanol–water partition coefficient (Wildman–Crippen LogP) is 0.669. The van der Waals surface area contributed by atoms with Crippen LogP contribution in [0.4, 0.5) is 0 Å². The van der Waals surface area contributed by atoms with Crippen LogP contribution in [0, 0.1) is 5.92 Å². The summed E-state index contributed by atoms with van der Waals surface area (Å²) in [4.78, 5) is 33.8. The Morgan fingerprint density at radius 2 is 2.31 bits per heavy atom. The van der Waals surface area contributed by atoms with E-state index >= 15 is 0 Å². The minimum atomic E-state index is -0.699. The second-order valence-corrected chi connectivity index (χ2v) is 4.07. The third-order valence-electron chi connectivity index (χ3n) is 2.81. The minimum absolute atomic E-state index is 0. The maximum Gasteiger partial charge on any atom is 0.328 e. The molecule has 0 spiro atoms. The fraction of sp³-hybridized carbons (Fsp3) is 0.727. The smallest absolute Gasteiger partial charge is 0.328 e. The van der Waals surface area contributed by atoms with Gasteiger partial charge in [0.05, 0.1) is 7.11 Å². The molecule has 0 aromatic carbocycles. The van der Waals surface area contributed by atoms with Crippen LogP contribution >= 0.6 is 0 Å². The molecule has 0 radical (unpaired) electrons. The van der Waals surface area contributed by atoms with Gasteiger partial charge in [0.25, 0.3) is 0 Å². The highest BCUT2D eigenvalue weighted by molar-refractivity contribution is 5.86. The SMILES string of the molecule is COC(=O)C(CC1CCCC1=O)NC(C)=O.[HH]. The molecule has 0 heterocycles. The molecule has 1 N–H and O–H groups in total. The lowest BCUT2D eigenvalue weighted by Crippen LogP contribution is -2.42. The Morgan fingerprint density at radius 3 is 2.75 bits per heavy atom. The van der Waals surface area contributed by atoms with Crippen LogP contribution in [0.15, 0.2) is 0 Å². The summed E-state index contributed by atoms with van der Waals surface area (Å²) in [6.07, 6.45) is 2.60. The molecule has 1 fully saturated rings. The second-order valence-electron chi connectivity index (χ2n) is 4.07. The van der Waals surface area contributed by atoms with Gasteiger partial charge in [0, 0.05) is 20.7 Å². The van der Waals surface area contributed by atoms with Crippen LogP contribution in [-0.2, 0) is 19.1 Å². The van der Waals surface area contributed by atoms with Crippen LogP contribution in [0.5, 0.6) is 0 Å². The second kappa shape index (κ2) is 5.63. The summed E-state index contributed by atoms with van der Waals surface area (Å²) >= 11 is 0. The molecule has 1 aliphatic carbocycles. The third kappa shape index (κ3) is 3.32. The summed E-state index contributed by atoms with van der Waals surface area (Å²) in [6, 6.07) is -0.699. The van der Waals surface area contributed by atoms with Crippen molar-refractivity contribution in [3.05, 3.63) is 0 Å². The van der Waals surface area contributed by atoms with Gasteiger partial charge in [-0.25, -0.2) is 4.79 Å². The van der Waals surface area contributed by atoms with Crippen LogP contribution in [0.1, 0.15) is 34.0 Å². The van der Waals surface area contributed by atoms with Crippen molar-refractivity contribution in [2.45, 2.75) is 38.6 Å². The lowest BCUT2D eigenvalue weighted by molar-refractivity contribution is -0.145. The number of Topliss-reactive ketones (excluding diaryl/α,β-unsaturated/α-hetero) is 1. The number of methoxy groups -OCH3 is 1. The molecular weight excluding hydrogens is 210 g/mol. The van der Waals surface area contributed by atoms with Crippen LogP contribution in [0.3, 0.4) is 0 Å². The molecule has 1 saturated carbocycles. The van der Waals surface area contributed by atoms with E-state index in [1.165, 1.54) is 14.0 Å². The first kappa shape index (κ1) is 12.7. The zero-order valence-corrected chi connectivity index (χ0v) is 9.62. The van der Waals surface area contributed by atoms with Crippen molar-refractivity contribution in [1.82, 2.24) is 5.32 Å². The molecule has 92 valence electrons. The summed E-state index contributed by atoms with van der Waals surface area (Å²) in [5, 5.41) is 2.51. The summed E-state index contributed by atoms with van der Waals surface area (Å²) < 4.78 is 4.59. The van der Waals surface area contributed by atoms with Crippen molar-refractivity contribution < 1.29 is 20.5 Å². The Labute approximate surface area is 96.0 Å². The molecule has 1 rings (SSSR count). The molecule has 1 aliphatic rings. The number of hydrogen-bond acceptors (Lipinski definition) is 4. The monoisotopic (exact) mass is 229 g/mol. The normalized spacial score (nSPS) is 21.6. The Morgan fingerprint density at radius 1 is 1.62 bits per heavy atom. The van der Waals surface area contributed by atoms with Gasteiger partial charge in [0.1, 0.15) is 11.8 Å². The topological polar surface area (TPSA) is 72.5 Å². The summed E-state index contributed by atoms with van der Waals surface area (Å²) in [5.41, 5.74) is 0. The first-order chi connectivity index (χ1) is 7.54. The van der Waals surface area contributed by atoms with Crippen molar-refractivity contribution in [2.24, 2.45) is 5.92 Å². The van der Waals surface area contributed by atoms with Gasteiger partial charge < -0.3 is 10.1 Å². The van der Waals surface area contributed by atoms with Crippen LogP contribution < -0.4 is 5.32 Å². The van der Waals surface area contributed by atoms with E-state index in [1.54, 1.807) is 0 Å². The first-order valence-corrected chi connectivity index (χ1v) is 5.42. The highest BCUT2D eigenvalue weighted by Gasteiger charge is 2.31. The molecule has 0 saturated heterocycles. The molecule has 0 aromatic rings. The number of carbonyl (C=O) groups excluding carboxylic acids is 3. The van der Waals surface area contributed by atoms with E-state index in [1.807, 2.05) is 0 Å². The standard InChI is InChI=1S/C11H17NO4.H2/c1-7(13)12-9(11(15)16-2)6-8-4-3-5-10(8)14;/h8-9H,3-6H2,1-2H3,(H,12,13);1H. The lowest BCUT2D eigenvalue weighted by Gasteiger charge is -2.18. The number of rotatable bonds is 4. The minimum Gasteiger partial charge on any atom is -0.467 e. The van der Waals surface area contributed by atoms with Crippen LogP contribution in [0.2, 0.25) is 0 Å². The molecular formula is C11H19NO4. The Kier molecular flexibility index (Phi) is 4.46. The van der Waals surface area contributed by atoms with E-state index < -0.39 is 12.0 Å². The van der Waals surface area contributed by atoms with E-state index in [0.717, 1.165) is 12.8 Å². The lowest BCUT2D eigenvalue weighted by atomic mass is 9.97. The van der Waals surface area contributed by atoms with Gasteiger partial charge >= 0.3 is 5.97 Å². The highest BCUT2D eigenvalue weighted by Crippen LogP contribution is 2.25. The summed E-state index contributed by atoms with van der Waals surface area (Å²) in [6.45, 7) is 1.34. The molecule has 0 bridgehead atoms. The summed E-state index contributed by atoms with van der Waals surface area (Å²) in [7, 11) is 1.27. The number of nitrogens with one attached hydrogen (secondary N) is 1. The van der Waals surface area contributed by atoms with E-state index in [4.69, 9.17) is 0 Å². The molecule has 5 heteroatoms. The largest absolute Gasteiger partial charge is 0.467 e. The molecule has 0 aliphatic heterocycles. The van der Waals surface area contributed by atoms with Crippen molar-refractivity contribution in [1.29, 1.82) is 0 Å². The fourth-order valence-corrected chi connectivity index (χ4v) is 2.02. The zero-order chi connectivity index (χ0) is 12.1. The van der Waals surface area contributed by atoms with E-state index in [0.29, 0.717) is 12.8 Å². The average molecular weight is 229 g/mol. The van der Waals surface area contributed by atoms with Gasteiger partial charge in [-0.2, -0.15) is 0 Å². The first-order valence-electron chi connectivity index (χ1n) is 5.42. The molecule has 0 aromatic heterocycles. The third-order valence-corrected chi connectivity index (χ3v) is 2.81. The predicted molar refractivity (Wildman–Crippen MR) is 58.7 cm³/mol. The van der Waals surface area contributed by atoms with Gasteiger partial charge in [-0.15, -0.1) is 0 Å². The maximum atomic E-state index is 11.4. The van der Waals surface area contributed by atoms with Crippen LogP contribution in [-0.4, -0.2) is 30.8 Å². The van der Waals surface area contributed by atoms with Crippen molar-refractivity contribution in [3.8, 4) is 0 Å². The molecule has 2 atom stereocenters. The maximum absolute atomic E-state index is 11.4. The van der Waals surface area contributed by atoms with Crippen LogP contribution in [0.25, 0.3) is 0 Å². The Bertz CT molecular complexity index is 306. The number of carbonyl (C=O) groups is 3. The van der Waals surface area contributed by atoms with E-state index in [9.17, 15) is 14.4 Å². The molecule has 5 nitrogen and oxygen atoms in total. The van der Waals surface area contributed by atoms with E-state index in [-0.39, 0.29) is 19.0 Å². The molecule has 16 heavy (non-hydrogen) atoms. The van der Waals surface area contributed by atoms with Crippen molar-refractivity contribution >= 4 is 17.7 Å². The molecule has 1 amide bonds. The number of esters is 1.